The van der Waals surface area contributed by atoms with Crippen molar-refractivity contribution in [3.8, 4) is 0 Å². The van der Waals surface area contributed by atoms with Crippen molar-refractivity contribution in [3.63, 3.8) is 0 Å². The summed E-state index contributed by atoms with van der Waals surface area (Å²) in [7, 11) is -3.24. The van der Waals surface area contributed by atoms with Gasteiger partial charge in [-0.3, -0.25) is 0 Å². The van der Waals surface area contributed by atoms with Crippen molar-refractivity contribution in [1.82, 2.24) is 0 Å². The fourth-order valence-electron chi connectivity index (χ4n) is 0.776. The zero-order valence-corrected chi connectivity index (χ0v) is 10.5. The third-order valence-corrected chi connectivity index (χ3v) is 3.11. The highest BCUT2D eigenvalue weighted by atomic mass is 35.5. The van der Waals surface area contributed by atoms with Crippen molar-refractivity contribution in [2.24, 2.45) is 0 Å². The number of halogens is 2. The molecule has 0 aromatic heterocycles. The van der Waals surface area contributed by atoms with Crippen LogP contribution in [0.3, 0.4) is 0 Å². The summed E-state index contributed by atoms with van der Waals surface area (Å²) in [6.07, 6.45) is 1.10. The zero-order chi connectivity index (χ0) is 11.4. The zero-order valence-electron chi connectivity index (χ0n) is 8.21. The largest absolute Gasteiger partial charge is 0.224 e. The van der Waals surface area contributed by atoms with Crippen LogP contribution in [0.2, 0.25) is 10.0 Å². The molecule has 0 aliphatic rings. The van der Waals surface area contributed by atoms with E-state index in [9.17, 15) is 8.42 Å². The number of rotatable bonds is 1. The highest BCUT2D eigenvalue weighted by Gasteiger charge is 2.11. The molecule has 0 saturated carbocycles. The maximum absolute atomic E-state index is 11.0. The first-order valence-corrected chi connectivity index (χ1v) is 6.71. The second-order valence-corrected chi connectivity index (χ2v) is 5.17. The van der Waals surface area contributed by atoms with Crippen LogP contribution in [-0.2, 0) is 9.84 Å². The fraction of sp³-hybridized carbons (Fsp3) is 0.333. The van der Waals surface area contributed by atoms with Gasteiger partial charge in [0.2, 0.25) is 0 Å². The van der Waals surface area contributed by atoms with Gasteiger partial charge in [-0.1, -0.05) is 37.0 Å². The molecule has 0 heterocycles. The molecular formula is C9H12Cl2O2S. The van der Waals surface area contributed by atoms with E-state index in [0.717, 1.165) is 6.26 Å². The van der Waals surface area contributed by atoms with Crippen LogP contribution in [0.5, 0.6) is 0 Å². The lowest BCUT2D eigenvalue weighted by molar-refractivity contribution is 0.602. The van der Waals surface area contributed by atoms with Crippen LogP contribution in [0.1, 0.15) is 13.8 Å². The van der Waals surface area contributed by atoms with Crippen molar-refractivity contribution in [1.29, 1.82) is 0 Å². The van der Waals surface area contributed by atoms with Gasteiger partial charge in [0.1, 0.15) is 0 Å². The van der Waals surface area contributed by atoms with Gasteiger partial charge < -0.3 is 0 Å². The summed E-state index contributed by atoms with van der Waals surface area (Å²) in [6, 6.07) is 4.28. The summed E-state index contributed by atoms with van der Waals surface area (Å²) in [5.74, 6) is 0. The lowest BCUT2D eigenvalue weighted by Gasteiger charge is -2.00. The smallest absolute Gasteiger partial charge is 0.176 e. The van der Waals surface area contributed by atoms with Gasteiger partial charge >= 0.3 is 0 Å². The highest BCUT2D eigenvalue weighted by molar-refractivity contribution is 7.90. The van der Waals surface area contributed by atoms with E-state index >= 15 is 0 Å². The molecular weight excluding hydrogens is 243 g/mol. The fourth-order valence-corrected chi connectivity index (χ4v) is 2.33. The number of hydrogen-bond acceptors (Lipinski definition) is 2. The van der Waals surface area contributed by atoms with Crippen LogP contribution in [0.4, 0.5) is 0 Å². The van der Waals surface area contributed by atoms with Crippen LogP contribution in [0.25, 0.3) is 0 Å². The van der Waals surface area contributed by atoms with E-state index in [-0.39, 0.29) is 9.92 Å². The molecule has 1 rings (SSSR count). The van der Waals surface area contributed by atoms with E-state index in [1.807, 2.05) is 13.8 Å². The van der Waals surface area contributed by atoms with Crippen molar-refractivity contribution in [3.05, 3.63) is 28.2 Å². The van der Waals surface area contributed by atoms with E-state index in [1.165, 1.54) is 18.2 Å². The van der Waals surface area contributed by atoms with E-state index in [0.29, 0.717) is 5.02 Å². The Morgan fingerprint density at radius 3 is 2.00 bits per heavy atom. The molecule has 0 atom stereocenters. The van der Waals surface area contributed by atoms with Gasteiger partial charge in [-0.15, -0.1) is 0 Å². The Balaban J connectivity index is 0.000000791. The molecule has 1 aromatic rings. The summed E-state index contributed by atoms with van der Waals surface area (Å²) in [6.45, 7) is 4.00. The van der Waals surface area contributed by atoms with Crippen molar-refractivity contribution in [2.45, 2.75) is 18.7 Å². The van der Waals surface area contributed by atoms with Crippen LogP contribution < -0.4 is 0 Å². The van der Waals surface area contributed by atoms with Crippen LogP contribution in [-0.4, -0.2) is 14.7 Å². The molecule has 2 nitrogen and oxygen atoms in total. The Morgan fingerprint density at radius 2 is 1.64 bits per heavy atom. The second-order valence-electron chi connectivity index (χ2n) is 2.35. The monoisotopic (exact) mass is 254 g/mol. The molecule has 0 unspecified atom stereocenters. The predicted molar refractivity (Wildman–Crippen MR) is 60.9 cm³/mol. The molecule has 14 heavy (non-hydrogen) atoms. The molecule has 0 amide bonds. The lowest BCUT2D eigenvalue weighted by atomic mass is 10.4. The molecule has 1 aromatic carbocycles. The van der Waals surface area contributed by atoms with Gasteiger partial charge in [0, 0.05) is 11.3 Å². The van der Waals surface area contributed by atoms with E-state index < -0.39 is 9.84 Å². The standard InChI is InChI=1S/C7H6Cl2O2S.C2H6/c1-12(10,11)7-3-2-5(8)4-6(7)9;1-2/h2-4H,1H3;1-2H3. The molecule has 0 spiro atoms. The first kappa shape index (κ1) is 13.8. The molecule has 0 radical (unpaired) electrons. The molecule has 0 fully saturated rings. The summed E-state index contributed by atoms with van der Waals surface area (Å²) in [4.78, 5) is 0.105. The minimum atomic E-state index is -3.24. The summed E-state index contributed by atoms with van der Waals surface area (Å²) in [5, 5.41) is 0.581. The predicted octanol–water partition coefficient (Wildman–Crippen LogP) is 3.42. The molecule has 0 saturated heterocycles. The van der Waals surface area contributed by atoms with Crippen molar-refractivity contribution < 1.29 is 8.42 Å². The summed E-state index contributed by atoms with van der Waals surface area (Å²) >= 11 is 11.2. The lowest BCUT2D eigenvalue weighted by Crippen LogP contribution is -1.97. The topological polar surface area (TPSA) is 34.1 Å². The van der Waals surface area contributed by atoms with Gasteiger partial charge in [0.25, 0.3) is 0 Å². The number of hydrogen-bond donors (Lipinski definition) is 0. The average Bonchev–Trinajstić information content (AvgIpc) is 2.05. The van der Waals surface area contributed by atoms with E-state index in [4.69, 9.17) is 23.2 Å². The first-order valence-electron chi connectivity index (χ1n) is 4.06. The Kier molecular flexibility index (Phi) is 5.49. The number of benzene rings is 1. The minimum absolute atomic E-state index is 0.105. The van der Waals surface area contributed by atoms with Crippen LogP contribution in [0.15, 0.2) is 23.1 Å². The molecule has 0 aliphatic heterocycles. The van der Waals surface area contributed by atoms with Gasteiger partial charge in [0.05, 0.1) is 9.92 Å². The maximum atomic E-state index is 11.0. The second kappa shape index (κ2) is 5.59. The SMILES string of the molecule is CC.CS(=O)(=O)c1ccc(Cl)cc1Cl. The Bertz CT molecular complexity index is 399. The normalized spacial score (nSPS) is 10.4. The Morgan fingerprint density at radius 1 is 1.14 bits per heavy atom. The molecule has 80 valence electrons. The van der Waals surface area contributed by atoms with E-state index in [2.05, 4.69) is 0 Å². The number of sulfone groups is 1. The van der Waals surface area contributed by atoms with Gasteiger partial charge in [-0.2, -0.15) is 0 Å². The molecule has 0 N–H and O–H groups in total. The molecule has 0 bridgehead atoms. The average molecular weight is 255 g/mol. The van der Waals surface area contributed by atoms with Crippen molar-refractivity contribution >= 4 is 33.0 Å². The van der Waals surface area contributed by atoms with Crippen molar-refractivity contribution in [2.75, 3.05) is 6.26 Å². The van der Waals surface area contributed by atoms with E-state index in [1.54, 1.807) is 0 Å². The Labute approximate surface area is 94.8 Å². The maximum Gasteiger partial charge on any atom is 0.176 e. The third-order valence-electron chi connectivity index (χ3n) is 1.29. The highest BCUT2D eigenvalue weighted by Crippen LogP contribution is 2.24. The summed E-state index contributed by atoms with van der Waals surface area (Å²) < 4.78 is 22.1. The van der Waals surface area contributed by atoms with Gasteiger partial charge in [-0.05, 0) is 18.2 Å². The minimum Gasteiger partial charge on any atom is -0.224 e. The molecule has 5 heteroatoms. The third kappa shape index (κ3) is 3.86. The molecule has 0 aliphatic carbocycles. The van der Waals surface area contributed by atoms with Crippen LogP contribution in [0, 0.1) is 0 Å². The van der Waals surface area contributed by atoms with Gasteiger partial charge in [-0.25, -0.2) is 8.42 Å². The van der Waals surface area contributed by atoms with Gasteiger partial charge in [0.15, 0.2) is 9.84 Å². The Hall–Kier alpha value is -0.250. The first-order chi connectivity index (χ1) is 6.41. The van der Waals surface area contributed by atoms with Crippen LogP contribution >= 0.6 is 23.2 Å². The summed E-state index contributed by atoms with van der Waals surface area (Å²) in [5.41, 5.74) is 0. The quantitative estimate of drug-likeness (QED) is 0.770.